The fraction of sp³-hybridized carbons (Fsp3) is 0.667. The SMILES string of the molecule is CCCC1CCC(O)C(Cc2cc(C)cc(C)c2)C1. The van der Waals surface area contributed by atoms with Crippen molar-refractivity contribution >= 4 is 0 Å². The van der Waals surface area contributed by atoms with Gasteiger partial charge in [-0.25, -0.2) is 0 Å². The summed E-state index contributed by atoms with van der Waals surface area (Å²) in [4.78, 5) is 0. The van der Waals surface area contributed by atoms with Gasteiger partial charge >= 0.3 is 0 Å². The maximum Gasteiger partial charge on any atom is 0.0571 e. The van der Waals surface area contributed by atoms with E-state index in [1.54, 1.807) is 0 Å². The number of benzene rings is 1. The van der Waals surface area contributed by atoms with Gasteiger partial charge in [0.1, 0.15) is 0 Å². The molecule has 1 aromatic rings. The van der Waals surface area contributed by atoms with Crippen molar-refractivity contribution in [3.05, 3.63) is 34.9 Å². The Morgan fingerprint density at radius 3 is 2.42 bits per heavy atom. The molecule has 1 aromatic carbocycles. The largest absolute Gasteiger partial charge is 0.393 e. The molecule has 0 saturated heterocycles. The van der Waals surface area contributed by atoms with E-state index in [0.717, 1.165) is 18.8 Å². The quantitative estimate of drug-likeness (QED) is 0.849. The molecule has 0 aliphatic heterocycles. The van der Waals surface area contributed by atoms with Crippen LogP contribution in [-0.4, -0.2) is 11.2 Å². The number of aryl methyl sites for hydroxylation is 2. The van der Waals surface area contributed by atoms with Gasteiger partial charge in [0.25, 0.3) is 0 Å². The van der Waals surface area contributed by atoms with E-state index in [0.29, 0.717) is 5.92 Å². The van der Waals surface area contributed by atoms with Crippen LogP contribution in [0.1, 0.15) is 55.7 Å². The van der Waals surface area contributed by atoms with Gasteiger partial charge in [-0.15, -0.1) is 0 Å². The predicted octanol–water partition coefficient (Wildman–Crippen LogP) is 4.42. The molecule has 19 heavy (non-hydrogen) atoms. The molecule has 0 spiro atoms. The standard InChI is InChI=1S/C18H28O/c1-4-5-15-6-7-18(19)17(11-15)12-16-9-13(2)8-14(3)10-16/h8-10,15,17-19H,4-7,11-12H2,1-3H3. The van der Waals surface area contributed by atoms with Crippen LogP contribution in [0, 0.1) is 25.7 Å². The number of hydrogen-bond acceptors (Lipinski definition) is 1. The summed E-state index contributed by atoms with van der Waals surface area (Å²) in [6.45, 7) is 6.59. The molecule has 1 heteroatoms. The normalized spacial score (nSPS) is 27.5. The minimum atomic E-state index is -0.0890. The molecule has 1 aliphatic rings. The Morgan fingerprint density at radius 2 is 1.79 bits per heavy atom. The molecule has 0 radical (unpaired) electrons. The summed E-state index contributed by atoms with van der Waals surface area (Å²) >= 11 is 0. The lowest BCUT2D eigenvalue weighted by Crippen LogP contribution is -2.30. The highest BCUT2D eigenvalue weighted by Crippen LogP contribution is 2.34. The van der Waals surface area contributed by atoms with Crippen molar-refractivity contribution in [3.8, 4) is 0 Å². The lowest BCUT2D eigenvalue weighted by atomic mass is 9.75. The Kier molecular flexibility index (Phi) is 5.04. The van der Waals surface area contributed by atoms with Gasteiger partial charge in [-0.05, 0) is 56.9 Å². The van der Waals surface area contributed by atoms with E-state index >= 15 is 0 Å². The molecule has 3 atom stereocenters. The molecule has 0 heterocycles. The maximum absolute atomic E-state index is 10.3. The molecular weight excluding hydrogens is 232 g/mol. The van der Waals surface area contributed by atoms with Crippen LogP contribution in [0.4, 0.5) is 0 Å². The lowest BCUT2D eigenvalue weighted by Gasteiger charge is -2.33. The molecule has 1 aliphatic carbocycles. The van der Waals surface area contributed by atoms with Crippen LogP contribution in [0.15, 0.2) is 18.2 Å². The van der Waals surface area contributed by atoms with Gasteiger partial charge in [0.05, 0.1) is 6.10 Å². The van der Waals surface area contributed by atoms with Crippen LogP contribution < -0.4 is 0 Å². The van der Waals surface area contributed by atoms with Gasteiger partial charge in [0, 0.05) is 0 Å². The van der Waals surface area contributed by atoms with E-state index in [1.165, 1.54) is 42.4 Å². The molecule has 2 rings (SSSR count). The van der Waals surface area contributed by atoms with Crippen molar-refractivity contribution in [2.45, 2.75) is 65.4 Å². The first-order chi connectivity index (χ1) is 9.08. The minimum absolute atomic E-state index is 0.0890. The van der Waals surface area contributed by atoms with Gasteiger partial charge in [-0.1, -0.05) is 49.1 Å². The second-order valence-corrected chi connectivity index (χ2v) is 6.50. The fourth-order valence-electron chi connectivity index (χ4n) is 3.72. The molecule has 0 amide bonds. The zero-order valence-corrected chi connectivity index (χ0v) is 12.7. The van der Waals surface area contributed by atoms with Gasteiger partial charge in [0.15, 0.2) is 0 Å². The third kappa shape index (κ3) is 4.07. The lowest BCUT2D eigenvalue weighted by molar-refractivity contribution is 0.0463. The van der Waals surface area contributed by atoms with Crippen molar-refractivity contribution in [1.29, 1.82) is 0 Å². The molecule has 1 saturated carbocycles. The molecule has 1 N–H and O–H groups in total. The summed E-state index contributed by atoms with van der Waals surface area (Å²) in [6, 6.07) is 6.78. The summed E-state index contributed by atoms with van der Waals surface area (Å²) < 4.78 is 0. The summed E-state index contributed by atoms with van der Waals surface area (Å²) in [7, 11) is 0. The van der Waals surface area contributed by atoms with Crippen LogP contribution in [0.25, 0.3) is 0 Å². The third-order valence-electron chi connectivity index (χ3n) is 4.53. The Labute approximate surface area is 118 Å². The van der Waals surface area contributed by atoms with E-state index in [1.807, 2.05) is 0 Å². The first-order valence-electron chi connectivity index (χ1n) is 7.83. The smallest absolute Gasteiger partial charge is 0.0571 e. The number of aliphatic hydroxyl groups is 1. The van der Waals surface area contributed by atoms with E-state index in [-0.39, 0.29) is 6.10 Å². The van der Waals surface area contributed by atoms with Crippen LogP contribution in [0.5, 0.6) is 0 Å². The second-order valence-electron chi connectivity index (χ2n) is 6.50. The van der Waals surface area contributed by atoms with Crippen LogP contribution >= 0.6 is 0 Å². The molecule has 3 unspecified atom stereocenters. The summed E-state index contributed by atoms with van der Waals surface area (Å²) in [5, 5.41) is 10.3. The average molecular weight is 260 g/mol. The predicted molar refractivity (Wildman–Crippen MR) is 81.4 cm³/mol. The number of rotatable bonds is 4. The molecule has 1 fully saturated rings. The Hall–Kier alpha value is -0.820. The molecule has 0 bridgehead atoms. The molecular formula is C18H28O. The topological polar surface area (TPSA) is 20.2 Å². The van der Waals surface area contributed by atoms with Crippen molar-refractivity contribution in [2.75, 3.05) is 0 Å². The monoisotopic (exact) mass is 260 g/mol. The van der Waals surface area contributed by atoms with Crippen molar-refractivity contribution in [2.24, 2.45) is 11.8 Å². The van der Waals surface area contributed by atoms with E-state index in [4.69, 9.17) is 0 Å². The van der Waals surface area contributed by atoms with Crippen molar-refractivity contribution < 1.29 is 5.11 Å². The molecule has 106 valence electrons. The molecule has 0 aromatic heterocycles. The fourth-order valence-corrected chi connectivity index (χ4v) is 3.72. The van der Waals surface area contributed by atoms with Crippen molar-refractivity contribution in [3.63, 3.8) is 0 Å². The van der Waals surface area contributed by atoms with Crippen LogP contribution in [0.2, 0.25) is 0 Å². The van der Waals surface area contributed by atoms with E-state index in [9.17, 15) is 5.11 Å². The zero-order valence-electron chi connectivity index (χ0n) is 12.7. The number of hydrogen-bond donors (Lipinski definition) is 1. The van der Waals surface area contributed by atoms with Gasteiger partial charge in [-0.3, -0.25) is 0 Å². The highest BCUT2D eigenvalue weighted by molar-refractivity contribution is 5.29. The maximum atomic E-state index is 10.3. The number of aliphatic hydroxyl groups excluding tert-OH is 1. The zero-order chi connectivity index (χ0) is 13.8. The second kappa shape index (κ2) is 6.56. The van der Waals surface area contributed by atoms with Gasteiger partial charge in [0.2, 0.25) is 0 Å². The first kappa shape index (κ1) is 14.6. The highest BCUT2D eigenvalue weighted by atomic mass is 16.3. The Balaban J connectivity index is 2.03. The Morgan fingerprint density at radius 1 is 1.11 bits per heavy atom. The Bertz CT molecular complexity index is 390. The van der Waals surface area contributed by atoms with E-state index < -0.39 is 0 Å². The van der Waals surface area contributed by atoms with Gasteiger partial charge in [-0.2, -0.15) is 0 Å². The minimum Gasteiger partial charge on any atom is -0.393 e. The van der Waals surface area contributed by atoms with E-state index in [2.05, 4.69) is 39.0 Å². The van der Waals surface area contributed by atoms with Crippen molar-refractivity contribution in [1.82, 2.24) is 0 Å². The third-order valence-corrected chi connectivity index (χ3v) is 4.53. The van der Waals surface area contributed by atoms with Crippen LogP contribution in [0.3, 0.4) is 0 Å². The first-order valence-corrected chi connectivity index (χ1v) is 7.83. The highest BCUT2D eigenvalue weighted by Gasteiger charge is 2.28. The summed E-state index contributed by atoms with van der Waals surface area (Å²) in [6.07, 6.45) is 6.99. The summed E-state index contributed by atoms with van der Waals surface area (Å²) in [5.41, 5.74) is 4.08. The van der Waals surface area contributed by atoms with Crippen LogP contribution in [-0.2, 0) is 6.42 Å². The molecule has 1 nitrogen and oxygen atoms in total. The average Bonchev–Trinajstić information content (AvgIpc) is 2.32. The van der Waals surface area contributed by atoms with Gasteiger partial charge < -0.3 is 5.11 Å². The summed E-state index contributed by atoms with van der Waals surface area (Å²) in [5.74, 6) is 1.30.